The zero-order valence-corrected chi connectivity index (χ0v) is 22.1. The first kappa shape index (κ1) is 25.6. The van der Waals surface area contributed by atoms with Crippen LogP contribution in [0.3, 0.4) is 0 Å². The van der Waals surface area contributed by atoms with Crippen molar-refractivity contribution >= 4 is 5.78 Å². The van der Waals surface area contributed by atoms with Gasteiger partial charge in [-0.25, -0.2) is 0 Å². The monoisotopic (exact) mass is 461 g/mol. The van der Waals surface area contributed by atoms with Crippen molar-refractivity contribution in [1.29, 1.82) is 0 Å². The van der Waals surface area contributed by atoms with E-state index in [9.17, 15) is 15.0 Å². The molecular weight excluding hydrogens is 410 g/mol. The van der Waals surface area contributed by atoms with Crippen molar-refractivity contribution in [3.63, 3.8) is 0 Å². The molecule has 0 amide bonds. The van der Waals surface area contributed by atoms with E-state index < -0.39 is 12.2 Å². The molecule has 0 aromatic heterocycles. The minimum Gasteiger partial charge on any atom is -0.390 e. The summed E-state index contributed by atoms with van der Waals surface area (Å²) in [6.07, 6.45) is 8.04. The van der Waals surface area contributed by atoms with Crippen LogP contribution in [0.1, 0.15) is 99.3 Å². The summed E-state index contributed by atoms with van der Waals surface area (Å²) in [5.74, 6) is 3.33. The number of aliphatic hydroxyl groups excluding tert-OH is 2. The van der Waals surface area contributed by atoms with Crippen LogP contribution in [-0.2, 0) is 4.79 Å². The smallest absolute Gasteiger partial charge is 0.136 e. The molecule has 0 aromatic carbocycles. The van der Waals surface area contributed by atoms with Crippen molar-refractivity contribution in [2.45, 2.75) is 118 Å². The Hall–Kier alpha value is -0.450. The lowest BCUT2D eigenvalue weighted by molar-refractivity contribution is -0.157. The van der Waals surface area contributed by atoms with Gasteiger partial charge in [-0.2, -0.15) is 0 Å². The summed E-state index contributed by atoms with van der Waals surface area (Å²) in [5.41, 5.74) is 6.58. The molecule has 0 unspecified atom stereocenters. The fourth-order valence-corrected chi connectivity index (χ4v) is 9.88. The first-order chi connectivity index (χ1) is 15.5. The van der Waals surface area contributed by atoms with Crippen LogP contribution in [0.5, 0.6) is 0 Å². The fraction of sp³-hybridized carbons (Fsp3) is 0.966. The molecule has 4 aliphatic rings. The lowest BCUT2D eigenvalue weighted by Crippen LogP contribution is -2.58. The summed E-state index contributed by atoms with van der Waals surface area (Å²) in [4.78, 5) is 13.4. The van der Waals surface area contributed by atoms with E-state index in [4.69, 9.17) is 5.73 Å². The summed E-state index contributed by atoms with van der Waals surface area (Å²) >= 11 is 0. The van der Waals surface area contributed by atoms with E-state index in [0.717, 1.165) is 38.5 Å². The molecule has 4 fully saturated rings. The SMILES string of the molecule is CC[C@@H](C(C)C)[C@@H](O)[C@H](O)[C@@H](C)[C@H]1CC[C@H]2[C@@H]3CC(=O)[C@H]4C[C@H](N)CC[C@]4(C)[C@H]3CC[C@]12C. The zero-order chi connectivity index (χ0) is 24.3. The average molecular weight is 462 g/mol. The van der Waals surface area contributed by atoms with Gasteiger partial charge in [0.15, 0.2) is 0 Å². The summed E-state index contributed by atoms with van der Waals surface area (Å²) in [6, 6.07) is 0.194. The second-order valence-electron chi connectivity index (χ2n) is 13.5. The number of aliphatic hydroxyl groups is 2. The molecule has 33 heavy (non-hydrogen) atoms. The molecule has 4 aliphatic carbocycles. The number of rotatable bonds is 6. The van der Waals surface area contributed by atoms with E-state index in [1.165, 1.54) is 19.3 Å². The Kier molecular flexibility index (Phi) is 7.15. The van der Waals surface area contributed by atoms with E-state index in [0.29, 0.717) is 35.4 Å². The Bertz CT molecular complexity index is 724. The van der Waals surface area contributed by atoms with Crippen molar-refractivity contribution in [2.75, 3.05) is 0 Å². The maximum atomic E-state index is 13.4. The van der Waals surface area contributed by atoms with Gasteiger partial charge in [-0.3, -0.25) is 4.79 Å². The second kappa shape index (κ2) is 9.21. The minimum absolute atomic E-state index is 0.0784. The van der Waals surface area contributed by atoms with Gasteiger partial charge in [-0.1, -0.05) is 48.0 Å². The third-order valence-corrected chi connectivity index (χ3v) is 11.9. The highest BCUT2D eigenvalue weighted by molar-refractivity contribution is 5.83. The van der Waals surface area contributed by atoms with Crippen LogP contribution in [0.4, 0.5) is 0 Å². The van der Waals surface area contributed by atoms with Crippen molar-refractivity contribution in [3.8, 4) is 0 Å². The summed E-state index contributed by atoms with van der Waals surface area (Å²) in [7, 11) is 0. The first-order valence-corrected chi connectivity index (χ1v) is 14.1. The molecule has 4 nitrogen and oxygen atoms in total. The summed E-state index contributed by atoms with van der Waals surface area (Å²) in [6.45, 7) is 13.5. The molecule has 0 radical (unpaired) electrons. The number of fused-ring (bicyclic) bond motifs is 5. The largest absolute Gasteiger partial charge is 0.390 e. The van der Waals surface area contributed by atoms with E-state index in [1.807, 2.05) is 0 Å². The molecule has 4 N–H and O–H groups in total. The van der Waals surface area contributed by atoms with Gasteiger partial charge in [-0.15, -0.1) is 0 Å². The second-order valence-corrected chi connectivity index (χ2v) is 13.5. The van der Waals surface area contributed by atoms with Crippen LogP contribution in [0, 0.1) is 58.2 Å². The zero-order valence-electron chi connectivity index (χ0n) is 22.1. The van der Waals surface area contributed by atoms with Gasteiger partial charge in [-0.05, 0) is 97.2 Å². The first-order valence-electron chi connectivity index (χ1n) is 14.1. The Labute approximate surface area is 202 Å². The van der Waals surface area contributed by atoms with Crippen LogP contribution in [0.2, 0.25) is 0 Å². The van der Waals surface area contributed by atoms with Gasteiger partial charge in [0.25, 0.3) is 0 Å². The predicted octanol–water partition coefficient (Wildman–Crippen LogP) is 5.19. The van der Waals surface area contributed by atoms with E-state index in [-0.39, 0.29) is 34.6 Å². The Morgan fingerprint density at radius 2 is 1.61 bits per heavy atom. The predicted molar refractivity (Wildman–Crippen MR) is 133 cm³/mol. The number of carbonyl (C=O) groups is 1. The number of Topliss-reactive ketones (excluding diaryl/α,β-unsaturated/α-hetero) is 1. The number of hydrogen-bond donors (Lipinski definition) is 3. The molecule has 190 valence electrons. The van der Waals surface area contributed by atoms with Crippen molar-refractivity contribution in [2.24, 2.45) is 63.9 Å². The molecule has 0 aromatic rings. The lowest BCUT2D eigenvalue weighted by atomic mass is 9.44. The standard InChI is InChI=1S/C29H51NO3/c1-7-19(16(2)3)27(33)26(32)17(4)21-8-9-22-20-15-25(31)24-14-18(30)10-12-29(24,6)23(20)11-13-28(21,22)5/h16-24,26-27,32-33H,7-15,30H2,1-6H3/t17-,18+,19-,20-,21+,22-,23-,24+,26+,27+,28+,29+/m0/s1. The van der Waals surface area contributed by atoms with Crippen LogP contribution >= 0.6 is 0 Å². The van der Waals surface area contributed by atoms with Crippen LogP contribution < -0.4 is 5.73 Å². The third kappa shape index (κ3) is 4.04. The molecule has 4 heteroatoms. The highest BCUT2D eigenvalue weighted by Crippen LogP contribution is 2.67. The average Bonchev–Trinajstić information content (AvgIpc) is 3.11. The highest BCUT2D eigenvalue weighted by atomic mass is 16.3. The summed E-state index contributed by atoms with van der Waals surface area (Å²) in [5, 5.41) is 22.3. The maximum absolute atomic E-state index is 13.4. The fourth-order valence-electron chi connectivity index (χ4n) is 9.88. The number of nitrogens with two attached hydrogens (primary N) is 1. The highest BCUT2D eigenvalue weighted by Gasteiger charge is 2.62. The topological polar surface area (TPSA) is 83.5 Å². The maximum Gasteiger partial charge on any atom is 0.136 e. The quantitative estimate of drug-likeness (QED) is 0.508. The van der Waals surface area contributed by atoms with E-state index >= 15 is 0 Å². The Balaban J connectivity index is 1.54. The molecule has 0 aliphatic heterocycles. The molecule has 0 heterocycles. The van der Waals surface area contributed by atoms with E-state index in [2.05, 4.69) is 41.5 Å². The molecule has 12 atom stereocenters. The van der Waals surface area contributed by atoms with Crippen molar-refractivity contribution in [1.82, 2.24) is 0 Å². The van der Waals surface area contributed by atoms with Gasteiger partial charge >= 0.3 is 0 Å². The molecule has 0 saturated heterocycles. The molecule has 0 bridgehead atoms. The lowest BCUT2D eigenvalue weighted by Gasteiger charge is -2.60. The molecule has 4 rings (SSSR count). The van der Waals surface area contributed by atoms with Gasteiger partial charge in [0.05, 0.1) is 12.2 Å². The third-order valence-electron chi connectivity index (χ3n) is 11.9. The number of hydrogen-bond acceptors (Lipinski definition) is 4. The van der Waals surface area contributed by atoms with Gasteiger partial charge in [0.1, 0.15) is 5.78 Å². The summed E-state index contributed by atoms with van der Waals surface area (Å²) < 4.78 is 0. The van der Waals surface area contributed by atoms with Gasteiger partial charge < -0.3 is 15.9 Å². The van der Waals surface area contributed by atoms with Gasteiger partial charge in [0.2, 0.25) is 0 Å². The van der Waals surface area contributed by atoms with E-state index in [1.54, 1.807) is 0 Å². The Morgan fingerprint density at radius 3 is 2.24 bits per heavy atom. The minimum atomic E-state index is -0.676. The van der Waals surface area contributed by atoms with Crippen LogP contribution in [0.25, 0.3) is 0 Å². The number of carbonyl (C=O) groups excluding carboxylic acids is 1. The van der Waals surface area contributed by atoms with Gasteiger partial charge in [0, 0.05) is 18.4 Å². The normalized spacial score (nSPS) is 46.8. The van der Waals surface area contributed by atoms with Crippen LogP contribution in [0.15, 0.2) is 0 Å². The molecular formula is C29H51NO3. The van der Waals surface area contributed by atoms with Crippen molar-refractivity contribution < 1.29 is 15.0 Å². The molecule has 0 spiro atoms. The Morgan fingerprint density at radius 1 is 0.970 bits per heavy atom. The molecule has 4 saturated carbocycles. The number of ketones is 1. The van der Waals surface area contributed by atoms with Crippen molar-refractivity contribution in [3.05, 3.63) is 0 Å². The van der Waals surface area contributed by atoms with Crippen LogP contribution in [-0.4, -0.2) is 34.2 Å².